The van der Waals surface area contributed by atoms with Crippen LogP contribution in [0.1, 0.15) is 26.3 Å². The van der Waals surface area contributed by atoms with Crippen LogP contribution in [0.3, 0.4) is 0 Å². The SMILES string of the molecule is COCc1ccnc(NC(C)(C)C)c1.O=CO. The standard InChI is InChI=1S/C11H18N2O.CH2O2/c1-11(2,3)13-10-7-9(8-14-4)5-6-12-10;2-1-3/h5-7H,8H2,1-4H3,(H,12,13);1H,(H,2,3). The molecule has 0 aliphatic rings. The second kappa shape index (κ2) is 7.62. The normalized spacial score (nSPS) is 10.1. The lowest BCUT2D eigenvalue weighted by Gasteiger charge is -2.21. The molecule has 0 fully saturated rings. The highest BCUT2D eigenvalue weighted by Crippen LogP contribution is 2.13. The van der Waals surface area contributed by atoms with Gasteiger partial charge >= 0.3 is 0 Å². The Kier molecular flexibility index (Phi) is 6.89. The van der Waals surface area contributed by atoms with Crippen LogP contribution in [-0.4, -0.2) is 29.2 Å². The van der Waals surface area contributed by atoms with Gasteiger partial charge in [0.05, 0.1) is 6.61 Å². The first-order valence-electron chi connectivity index (χ1n) is 5.23. The second-order valence-electron chi connectivity index (χ2n) is 4.46. The lowest BCUT2D eigenvalue weighted by atomic mass is 10.1. The van der Waals surface area contributed by atoms with Gasteiger partial charge in [0, 0.05) is 18.8 Å². The summed E-state index contributed by atoms with van der Waals surface area (Å²) in [5, 5.41) is 10.2. The summed E-state index contributed by atoms with van der Waals surface area (Å²) in [6, 6.07) is 3.96. The molecule has 1 rings (SSSR count). The van der Waals surface area contributed by atoms with Crippen LogP contribution in [0.5, 0.6) is 0 Å². The number of aromatic nitrogens is 1. The zero-order valence-corrected chi connectivity index (χ0v) is 10.7. The van der Waals surface area contributed by atoms with Gasteiger partial charge in [-0.05, 0) is 38.5 Å². The number of nitrogens with one attached hydrogen (secondary N) is 1. The maximum absolute atomic E-state index is 8.36. The summed E-state index contributed by atoms with van der Waals surface area (Å²) < 4.78 is 5.06. The fraction of sp³-hybridized carbons (Fsp3) is 0.500. The van der Waals surface area contributed by atoms with Crippen molar-refractivity contribution in [2.45, 2.75) is 32.9 Å². The minimum absolute atomic E-state index is 0.0404. The van der Waals surface area contributed by atoms with E-state index in [0.29, 0.717) is 6.61 Å². The predicted octanol–water partition coefficient (Wildman–Crippen LogP) is 2.14. The molecular formula is C12H20N2O3. The van der Waals surface area contributed by atoms with Gasteiger partial charge in [0.15, 0.2) is 0 Å². The fourth-order valence-corrected chi connectivity index (χ4v) is 1.18. The highest BCUT2D eigenvalue weighted by Gasteiger charge is 2.09. The van der Waals surface area contributed by atoms with Crippen molar-refractivity contribution in [1.82, 2.24) is 4.98 Å². The average molecular weight is 240 g/mol. The number of carbonyl (C=O) groups is 1. The number of anilines is 1. The van der Waals surface area contributed by atoms with Gasteiger partial charge in [0.2, 0.25) is 0 Å². The number of hydrogen-bond donors (Lipinski definition) is 2. The van der Waals surface area contributed by atoms with Gasteiger partial charge in [-0.15, -0.1) is 0 Å². The van der Waals surface area contributed by atoms with Crippen molar-refractivity contribution in [2.75, 3.05) is 12.4 Å². The molecule has 5 heteroatoms. The van der Waals surface area contributed by atoms with Crippen molar-refractivity contribution in [3.05, 3.63) is 23.9 Å². The Morgan fingerprint density at radius 3 is 2.59 bits per heavy atom. The predicted molar refractivity (Wildman–Crippen MR) is 67.0 cm³/mol. The van der Waals surface area contributed by atoms with Crippen LogP contribution in [-0.2, 0) is 16.1 Å². The Morgan fingerprint density at radius 2 is 2.12 bits per heavy atom. The number of pyridine rings is 1. The van der Waals surface area contributed by atoms with Crippen LogP contribution < -0.4 is 5.32 Å². The quantitative estimate of drug-likeness (QED) is 0.792. The second-order valence-corrected chi connectivity index (χ2v) is 4.46. The third-order valence-electron chi connectivity index (χ3n) is 1.64. The van der Waals surface area contributed by atoms with Crippen molar-refractivity contribution in [3.63, 3.8) is 0 Å². The molecule has 0 aliphatic heterocycles. The van der Waals surface area contributed by atoms with Crippen molar-refractivity contribution >= 4 is 12.3 Å². The highest BCUT2D eigenvalue weighted by atomic mass is 16.5. The maximum Gasteiger partial charge on any atom is 0.290 e. The average Bonchev–Trinajstić information content (AvgIpc) is 2.17. The molecule has 0 atom stereocenters. The summed E-state index contributed by atoms with van der Waals surface area (Å²) in [4.78, 5) is 12.6. The Labute approximate surface area is 102 Å². The number of hydrogen-bond acceptors (Lipinski definition) is 4. The van der Waals surface area contributed by atoms with Crippen molar-refractivity contribution < 1.29 is 14.6 Å². The summed E-state index contributed by atoms with van der Waals surface area (Å²) >= 11 is 0. The van der Waals surface area contributed by atoms with Crippen molar-refractivity contribution in [2.24, 2.45) is 0 Å². The van der Waals surface area contributed by atoms with Crippen molar-refractivity contribution in [1.29, 1.82) is 0 Å². The Hall–Kier alpha value is -1.62. The van der Waals surface area contributed by atoms with Gasteiger partial charge in [0.1, 0.15) is 5.82 Å². The summed E-state index contributed by atoms with van der Waals surface area (Å²) in [5.41, 5.74) is 1.17. The van der Waals surface area contributed by atoms with Gasteiger partial charge in [0.25, 0.3) is 6.47 Å². The molecule has 1 aromatic rings. The molecule has 2 N–H and O–H groups in total. The largest absolute Gasteiger partial charge is 0.483 e. The van der Waals surface area contributed by atoms with Crippen LogP contribution in [0.25, 0.3) is 0 Å². The van der Waals surface area contributed by atoms with Crippen LogP contribution in [0.15, 0.2) is 18.3 Å². The maximum atomic E-state index is 8.36. The molecule has 17 heavy (non-hydrogen) atoms. The number of carboxylic acid groups (broad SMARTS) is 1. The molecule has 0 saturated carbocycles. The summed E-state index contributed by atoms with van der Waals surface area (Å²) in [5.74, 6) is 0.895. The lowest BCUT2D eigenvalue weighted by Crippen LogP contribution is -2.26. The number of nitrogens with zero attached hydrogens (tertiary/aromatic N) is 1. The zero-order chi connectivity index (χ0) is 13.3. The zero-order valence-electron chi connectivity index (χ0n) is 10.7. The van der Waals surface area contributed by atoms with Crippen LogP contribution in [0.4, 0.5) is 5.82 Å². The Balaban J connectivity index is 0.000000770. The smallest absolute Gasteiger partial charge is 0.290 e. The summed E-state index contributed by atoms with van der Waals surface area (Å²) in [6.07, 6.45) is 1.79. The first-order chi connectivity index (χ1) is 7.92. The van der Waals surface area contributed by atoms with E-state index >= 15 is 0 Å². The van der Waals surface area contributed by atoms with E-state index in [1.807, 2.05) is 12.1 Å². The Morgan fingerprint density at radius 1 is 1.53 bits per heavy atom. The van der Waals surface area contributed by atoms with E-state index in [4.69, 9.17) is 14.6 Å². The Bertz CT molecular complexity index is 335. The van der Waals surface area contributed by atoms with Crippen LogP contribution in [0.2, 0.25) is 0 Å². The minimum atomic E-state index is -0.250. The molecule has 0 aromatic carbocycles. The lowest BCUT2D eigenvalue weighted by molar-refractivity contribution is -0.122. The van der Waals surface area contributed by atoms with Gasteiger partial charge in [-0.2, -0.15) is 0 Å². The molecule has 1 aromatic heterocycles. The molecule has 96 valence electrons. The topological polar surface area (TPSA) is 71.5 Å². The van der Waals surface area contributed by atoms with E-state index in [1.165, 1.54) is 0 Å². The van der Waals surface area contributed by atoms with E-state index in [2.05, 4.69) is 31.1 Å². The number of methoxy groups -OCH3 is 1. The number of rotatable bonds is 3. The van der Waals surface area contributed by atoms with Crippen molar-refractivity contribution in [3.8, 4) is 0 Å². The van der Waals surface area contributed by atoms with E-state index in [1.54, 1.807) is 13.3 Å². The van der Waals surface area contributed by atoms with E-state index in [-0.39, 0.29) is 12.0 Å². The molecule has 1 heterocycles. The first kappa shape index (κ1) is 15.4. The van der Waals surface area contributed by atoms with E-state index in [0.717, 1.165) is 11.4 Å². The van der Waals surface area contributed by atoms with Crippen LogP contribution in [0, 0.1) is 0 Å². The van der Waals surface area contributed by atoms with Gasteiger partial charge in [-0.25, -0.2) is 4.98 Å². The fourth-order valence-electron chi connectivity index (χ4n) is 1.18. The van der Waals surface area contributed by atoms with E-state index in [9.17, 15) is 0 Å². The molecule has 0 amide bonds. The molecular weight excluding hydrogens is 220 g/mol. The third kappa shape index (κ3) is 8.21. The van der Waals surface area contributed by atoms with Gasteiger partial charge in [-0.1, -0.05) is 0 Å². The first-order valence-corrected chi connectivity index (χ1v) is 5.23. The molecule has 5 nitrogen and oxygen atoms in total. The number of ether oxygens (including phenoxy) is 1. The molecule has 0 bridgehead atoms. The summed E-state index contributed by atoms with van der Waals surface area (Å²) in [7, 11) is 1.69. The molecule has 0 unspecified atom stereocenters. The monoisotopic (exact) mass is 240 g/mol. The minimum Gasteiger partial charge on any atom is -0.483 e. The summed E-state index contributed by atoms with van der Waals surface area (Å²) in [6.45, 7) is 6.70. The highest BCUT2D eigenvalue weighted by molar-refractivity contribution is 5.39. The van der Waals surface area contributed by atoms with Gasteiger partial charge in [-0.3, -0.25) is 4.79 Å². The molecule has 0 spiro atoms. The third-order valence-corrected chi connectivity index (χ3v) is 1.64. The van der Waals surface area contributed by atoms with Crippen LogP contribution >= 0.6 is 0 Å². The van der Waals surface area contributed by atoms with Gasteiger partial charge < -0.3 is 15.2 Å². The molecule has 0 aliphatic carbocycles. The molecule has 0 radical (unpaired) electrons. The van der Waals surface area contributed by atoms with E-state index < -0.39 is 0 Å². The molecule has 0 saturated heterocycles.